The Bertz CT molecular complexity index is 1080. The summed E-state index contributed by atoms with van der Waals surface area (Å²) in [6.07, 6.45) is 2.89. The Hall–Kier alpha value is -2.95. The van der Waals surface area contributed by atoms with Crippen LogP contribution in [0.3, 0.4) is 0 Å². The van der Waals surface area contributed by atoms with Gasteiger partial charge < -0.3 is 10.4 Å². The van der Waals surface area contributed by atoms with Gasteiger partial charge in [0.2, 0.25) is 0 Å². The van der Waals surface area contributed by atoms with Crippen molar-refractivity contribution < 1.29 is 14.7 Å². The van der Waals surface area contributed by atoms with Crippen molar-refractivity contribution in [3.05, 3.63) is 45.2 Å². The molecule has 11 heteroatoms. The van der Waals surface area contributed by atoms with Crippen molar-refractivity contribution in [2.75, 3.05) is 5.32 Å². The maximum atomic E-state index is 12.6. The lowest BCUT2D eigenvalue weighted by Crippen LogP contribution is -2.15. The second kappa shape index (κ2) is 8.19. The second-order valence-electron chi connectivity index (χ2n) is 6.76. The molecule has 2 N–H and O–H groups in total. The Morgan fingerprint density at radius 1 is 1.10 bits per heavy atom. The number of carboxylic acid groups (broad SMARTS) is 1. The zero-order valence-corrected chi connectivity index (χ0v) is 18.2. The summed E-state index contributed by atoms with van der Waals surface area (Å²) in [7, 11) is 0. The highest BCUT2D eigenvalue weighted by Crippen LogP contribution is 2.23. The molecule has 1 amide bonds. The van der Waals surface area contributed by atoms with Gasteiger partial charge in [-0.2, -0.15) is 15.3 Å². The van der Waals surface area contributed by atoms with Gasteiger partial charge in [-0.1, -0.05) is 0 Å². The van der Waals surface area contributed by atoms with E-state index in [4.69, 9.17) is 5.11 Å². The molecule has 0 aliphatic carbocycles. The number of rotatable bonds is 7. The highest BCUT2D eigenvalue weighted by atomic mass is 79.9. The predicted octanol–water partition coefficient (Wildman–Crippen LogP) is 2.51. The van der Waals surface area contributed by atoms with Crippen molar-refractivity contribution in [1.82, 2.24) is 29.3 Å². The zero-order chi connectivity index (χ0) is 21.3. The van der Waals surface area contributed by atoms with E-state index in [-0.39, 0.29) is 18.9 Å². The summed E-state index contributed by atoms with van der Waals surface area (Å²) in [5.74, 6) is -1.24. The summed E-state index contributed by atoms with van der Waals surface area (Å²) in [4.78, 5) is 23.3. The molecule has 0 radical (unpaired) electrons. The smallest absolute Gasteiger partial charge is 0.305 e. The van der Waals surface area contributed by atoms with Crippen LogP contribution >= 0.6 is 15.9 Å². The maximum Gasteiger partial charge on any atom is 0.305 e. The van der Waals surface area contributed by atoms with Gasteiger partial charge in [0, 0.05) is 6.20 Å². The molecular weight excluding hydrogens is 442 g/mol. The number of halogens is 1. The lowest BCUT2D eigenvalue weighted by molar-refractivity contribution is -0.137. The Labute approximate surface area is 175 Å². The molecule has 10 nitrogen and oxygen atoms in total. The average molecular weight is 464 g/mol. The van der Waals surface area contributed by atoms with Gasteiger partial charge in [-0.05, 0) is 43.6 Å². The molecule has 3 aromatic heterocycles. The fraction of sp³-hybridized carbons (Fsp3) is 0.389. The molecule has 0 bridgehead atoms. The van der Waals surface area contributed by atoms with Gasteiger partial charge in [-0.3, -0.25) is 14.3 Å². The van der Waals surface area contributed by atoms with Crippen LogP contribution in [0, 0.1) is 27.7 Å². The van der Waals surface area contributed by atoms with Crippen LogP contribution in [0.5, 0.6) is 0 Å². The summed E-state index contributed by atoms with van der Waals surface area (Å²) >= 11 is 3.52. The zero-order valence-electron chi connectivity index (χ0n) is 16.6. The first-order valence-electron chi connectivity index (χ1n) is 8.96. The van der Waals surface area contributed by atoms with Crippen molar-refractivity contribution >= 4 is 33.5 Å². The number of aliphatic carboxylic acids is 1. The number of nitrogens with one attached hydrogen (secondary N) is 1. The van der Waals surface area contributed by atoms with Gasteiger partial charge in [0.15, 0.2) is 0 Å². The monoisotopic (exact) mass is 463 g/mol. The van der Waals surface area contributed by atoms with E-state index in [0.717, 1.165) is 21.6 Å². The molecule has 0 aliphatic rings. The Morgan fingerprint density at radius 3 is 2.38 bits per heavy atom. The molecule has 3 heterocycles. The van der Waals surface area contributed by atoms with E-state index in [1.807, 2.05) is 32.4 Å². The minimum absolute atomic E-state index is 0.0594. The average Bonchev–Trinajstić information content (AvgIpc) is 3.31. The Kier molecular flexibility index (Phi) is 5.87. The van der Waals surface area contributed by atoms with Crippen LogP contribution in [0.2, 0.25) is 0 Å². The number of carbonyl (C=O) groups is 2. The van der Waals surface area contributed by atoms with Crippen molar-refractivity contribution in [1.29, 1.82) is 0 Å². The number of amides is 1. The molecule has 29 heavy (non-hydrogen) atoms. The van der Waals surface area contributed by atoms with Crippen molar-refractivity contribution in [2.45, 2.75) is 47.3 Å². The first kappa shape index (κ1) is 20.8. The van der Waals surface area contributed by atoms with E-state index >= 15 is 0 Å². The van der Waals surface area contributed by atoms with Crippen LogP contribution in [-0.4, -0.2) is 46.3 Å². The Morgan fingerprint density at radius 2 is 1.76 bits per heavy atom. The van der Waals surface area contributed by atoms with Gasteiger partial charge in [0.1, 0.15) is 6.67 Å². The molecule has 0 aliphatic heterocycles. The number of anilines is 1. The van der Waals surface area contributed by atoms with Crippen LogP contribution in [0.15, 0.2) is 16.9 Å². The molecule has 0 spiro atoms. The van der Waals surface area contributed by atoms with E-state index in [1.165, 1.54) is 17.1 Å². The highest BCUT2D eigenvalue weighted by molar-refractivity contribution is 9.10. The van der Waals surface area contributed by atoms with E-state index in [2.05, 4.69) is 36.5 Å². The highest BCUT2D eigenvalue weighted by Gasteiger charge is 2.18. The summed E-state index contributed by atoms with van der Waals surface area (Å²) in [5, 5.41) is 24.7. The number of aromatic nitrogens is 6. The molecular formula is C18H22BrN7O3. The molecule has 3 aromatic rings. The summed E-state index contributed by atoms with van der Waals surface area (Å²) in [6, 6.07) is 0. The normalized spacial score (nSPS) is 11.1. The molecule has 0 aromatic carbocycles. The molecule has 3 rings (SSSR count). The third-order valence-corrected chi connectivity index (χ3v) is 5.78. The standard InChI is InChI=1S/C18H22BrN7O3/c1-10-16(19)12(3)25(22-10)9-26-13(4)17(11(2)23-26)21-18(29)14-7-20-24(8-14)6-5-15(27)28/h7-8H,5-6,9H2,1-4H3,(H,21,29)(H,27,28). The number of aryl methyl sites for hydroxylation is 3. The maximum absolute atomic E-state index is 12.6. The van der Waals surface area contributed by atoms with Crippen LogP contribution < -0.4 is 5.32 Å². The van der Waals surface area contributed by atoms with Crippen molar-refractivity contribution in [3.63, 3.8) is 0 Å². The molecule has 0 fully saturated rings. The lowest BCUT2D eigenvalue weighted by Gasteiger charge is -2.08. The fourth-order valence-corrected chi connectivity index (χ4v) is 3.24. The number of carboxylic acids is 1. The van der Waals surface area contributed by atoms with Gasteiger partial charge in [0.05, 0.1) is 57.7 Å². The van der Waals surface area contributed by atoms with E-state index < -0.39 is 5.97 Å². The van der Waals surface area contributed by atoms with Crippen LogP contribution in [0.25, 0.3) is 0 Å². The number of nitrogens with zero attached hydrogens (tertiary/aromatic N) is 6. The third kappa shape index (κ3) is 4.39. The van der Waals surface area contributed by atoms with Crippen molar-refractivity contribution in [2.24, 2.45) is 0 Å². The third-order valence-electron chi connectivity index (χ3n) is 4.63. The van der Waals surface area contributed by atoms with Gasteiger partial charge in [-0.15, -0.1) is 0 Å². The van der Waals surface area contributed by atoms with Crippen LogP contribution in [0.4, 0.5) is 5.69 Å². The largest absolute Gasteiger partial charge is 0.481 e. The second-order valence-corrected chi connectivity index (χ2v) is 7.55. The summed E-state index contributed by atoms with van der Waals surface area (Å²) in [6.45, 7) is 8.24. The predicted molar refractivity (Wildman–Crippen MR) is 109 cm³/mol. The Balaban J connectivity index is 1.75. The molecule has 0 atom stereocenters. The van der Waals surface area contributed by atoms with Crippen molar-refractivity contribution in [3.8, 4) is 0 Å². The summed E-state index contributed by atoms with van der Waals surface area (Å²) in [5.41, 5.74) is 4.37. The first-order chi connectivity index (χ1) is 13.7. The lowest BCUT2D eigenvalue weighted by atomic mass is 10.2. The first-order valence-corrected chi connectivity index (χ1v) is 9.75. The van der Waals surface area contributed by atoms with Gasteiger partial charge in [0.25, 0.3) is 5.91 Å². The van der Waals surface area contributed by atoms with Crippen LogP contribution in [0.1, 0.15) is 39.6 Å². The fourth-order valence-electron chi connectivity index (χ4n) is 2.95. The van der Waals surface area contributed by atoms with E-state index in [9.17, 15) is 9.59 Å². The summed E-state index contributed by atoms with van der Waals surface area (Å²) < 4.78 is 6.03. The number of hydrogen-bond donors (Lipinski definition) is 2. The molecule has 0 saturated heterocycles. The quantitative estimate of drug-likeness (QED) is 0.555. The van der Waals surface area contributed by atoms with Gasteiger partial charge >= 0.3 is 5.97 Å². The van der Waals surface area contributed by atoms with E-state index in [0.29, 0.717) is 23.6 Å². The minimum Gasteiger partial charge on any atom is -0.481 e. The van der Waals surface area contributed by atoms with Gasteiger partial charge in [-0.25, -0.2) is 9.36 Å². The van der Waals surface area contributed by atoms with Crippen LogP contribution in [-0.2, 0) is 18.0 Å². The number of hydrogen-bond acceptors (Lipinski definition) is 5. The molecule has 154 valence electrons. The number of carbonyl (C=O) groups excluding carboxylic acids is 1. The SMILES string of the molecule is Cc1nn(Cn2nc(C)c(NC(=O)c3cnn(CCC(=O)O)c3)c2C)c(C)c1Br. The minimum atomic E-state index is -0.917. The molecule has 0 saturated carbocycles. The topological polar surface area (TPSA) is 120 Å². The molecule has 0 unspecified atom stereocenters. The van der Waals surface area contributed by atoms with E-state index in [1.54, 1.807) is 4.68 Å².